The van der Waals surface area contributed by atoms with Gasteiger partial charge in [0.25, 0.3) is 0 Å². The fourth-order valence-electron chi connectivity index (χ4n) is 8.91. The first-order valence-electron chi connectivity index (χ1n) is 28.7. The molecule has 0 heterocycles. The van der Waals surface area contributed by atoms with Crippen LogP contribution in [0.5, 0.6) is 0 Å². The zero-order chi connectivity index (χ0) is 47.2. The molecule has 0 aliphatic heterocycles. The molecule has 0 aliphatic carbocycles. The maximum atomic E-state index is 14.3. The van der Waals surface area contributed by atoms with Gasteiger partial charge < -0.3 is 37.2 Å². The van der Waals surface area contributed by atoms with Gasteiger partial charge in [-0.1, -0.05) is 206 Å². The van der Waals surface area contributed by atoms with Crippen LogP contribution in [0.25, 0.3) is 0 Å². The van der Waals surface area contributed by atoms with Crippen molar-refractivity contribution >= 4 is 18.2 Å². The highest BCUT2D eigenvalue weighted by atomic mass is 16.2. The topological polar surface area (TPSA) is 141 Å². The monoisotopic (exact) mass is 920 g/mol. The standard InChI is InChI=1S/C55H113N7O3/c1-3-5-7-9-11-13-15-17-19-21-23-25-27-29-31-37-49-62(50-38-32-30-28-26-24-22-20-18-16-14-12-10-8-6-4-2)55(65)53(41-33-34-45-60-52-63)61-54(64)51-59-48-40-47-58-44-36-35-43-57-46-39-42-56/h52-53,57-59H,3-51,56H2,1-2H3,(H,60,63)(H,61,64). The summed E-state index contributed by atoms with van der Waals surface area (Å²) in [4.78, 5) is 40.4. The fourth-order valence-corrected chi connectivity index (χ4v) is 8.91. The molecule has 0 saturated heterocycles. The van der Waals surface area contributed by atoms with Gasteiger partial charge in [0.1, 0.15) is 6.04 Å². The number of carbonyl (C=O) groups excluding carboxylic acids is 3. The number of hydrogen-bond acceptors (Lipinski definition) is 7. The van der Waals surface area contributed by atoms with Crippen molar-refractivity contribution in [2.45, 2.75) is 270 Å². The molecule has 0 aliphatic rings. The van der Waals surface area contributed by atoms with Crippen LogP contribution in [0.2, 0.25) is 0 Å². The first kappa shape index (κ1) is 63.2. The number of carbonyl (C=O) groups is 3. The lowest BCUT2D eigenvalue weighted by Gasteiger charge is -2.28. The molecule has 0 aromatic carbocycles. The Kier molecular flexibility index (Phi) is 53.4. The number of nitrogens with one attached hydrogen (secondary N) is 5. The third-order valence-corrected chi connectivity index (χ3v) is 13.2. The van der Waals surface area contributed by atoms with Crippen molar-refractivity contribution in [3.63, 3.8) is 0 Å². The molecule has 1 unspecified atom stereocenters. The Labute approximate surface area is 404 Å². The number of nitrogens with two attached hydrogens (primary N) is 1. The third-order valence-electron chi connectivity index (χ3n) is 13.2. The second kappa shape index (κ2) is 54.9. The van der Waals surface area contributed by atoms with E-state index in [1.54, 1.807) is 0 Å². The Bertz CT molecular complexity index is 937. The highest BCUT2D eigenvalue weighted by molar-refractivity contribution is 5.88. The summed E-state index contributed by atoms with van der Waals surface area (Å²) >= 11 is 0. The maximum absolute atomic E-state index is 14.3. The van der Waals surface area contributed by atoms with Crippen LogP contribution in [0.4, 0.5) is 0 Å². The molecule has 0 radical (unpaired) electrons. The van der Waals surface area contributed by atoms with Gasteiger partial charge in [-0.05, 0) is 97.1 Å². The smallest absolute Gasteiger partial charge is 0.245 e. The first-order valence-corrected chi connectivity index (χ1v) is 28.7. The van der Waals surface area contributed by atoms with Gasteiger partial charge in [-0.25, -0.2) is 0 Å². The lowest BCUT2D eigenvalue weighted by Crippen LogP contribution is -2.51. The van der Waals surface area contributed by atoms with Gasteiger partial charge in [-0.3, -0.25) is 14.4 Å². The van der Waals surface area contributed by atoms with E-state index in [-0.39, 0.29) is 18.4 Å². The quantitative estimate of drug-likeness (QED) is 0.0264. The molecule has 1 atom stereocenters. The summed E-state index contributed by atoms with van der Waals surface area (Å²) < 4.78 is 0. The zero-order valence-electron chi connectivity index (χ0n) is 43.6. The Balaban J connectivity index is 4.83. The molecule has 7 N–H and O–H groups in total. The van der Waals surface area contributed by atoms with Crippen molar-refractivity contribution in [1.29, 1.82) is 0 Å². The van der Waals surface area contributed by atoms with Crippen molar-refractivity contribution in [3.8, 4) is 0 Å². The van der Waals surface area contributed by atoms with E-state index in [0.29, 0.717) is 13.0 Å². The molecule has 0 rings (SSSR count). The summed E-state index contributed by atoms with van der Waals surface area (Å²) in [7, 11) is 0. The summed E-state index contributed by atoms with van der Waals surface area (Å²) in [5, 5.41) is 16.1. The number of rotatable bonds is 56. The largest absolute Gasteiger partial charge is 0.359 e. The van der Waals surface area contributed by atoms with E-state index in [1.165, 1.54) is 180 Å². The predicted molar refractivity (Wildman–Crippen MR) is 282 cm³/mol. The first-order chi connectivity index (χ1) is 32.1. The highest BCUT2D eigenvalue weighted by Gasteiger charge is 2.25. The average molecular weight is 921 g/mol. The van der Waals surface area contributed by atoms with E-state index in [9.17, 15) is 14.4 Å². The number of nitrogens with zero attached hydrogens (tertiary/aromatic N) is 1. The van der Waals surface area contributed by atoms with Gasteiger partial charge >= 0.3 is 0 Å². The van der Waals surface area contributed by atoms with Crippen LogP contribution in [-0.4, -0.2) is 94.6 Å². The number of hydrogen-bond donors (Lipinski definition) is 6. The van der Waals surface area contributed by atoms with E-state index >= 15 is 0 Å². The summed E-state index contributed by atoms with van der Waals surface area (Å²) in [5.74, 6) is -0.0448. The van der Waals surface area contributed by atoms with Gasteiger partial charge in [0.2, 0.25) is 18.2 Å². The van der Waals surface area contributed by atoms with Gasteiger partial charge in [-0.2, -0.15) is 0 Å². The molecule has 0 bridgehead atoms. The Morgan fingerprint density at radius 3 is 1.18 bits per heavy atom. The summed E-state index contributed by atoms with van der Waals surface area (Å²) in [6.07, 6.45) is 49.8. The van der Waals surface area contributed by atoms with Crippen molar-refractivity contribution in [2.75, 3.05) is 65.4 Å². The van der Waals surface area contributed by atoms with Gasteiger partial charge in [-0.15, -0.1) is 0 Å². The Morgan fingerprint density at radius 2 is 0.785 bits per heavy atom. The third kappa shape index (κ3) is 48.5. The van der Waals surface area contributed by atoms with Crippen LogP contribution in [-0.2, 0) is 14.4 Å². The van der Waals surface area contributed by atoms with Crippen molar-refractivity contribution in [2.24, 2.45) is 5.73 Å². The minimum Gasteiger partial charge on any atom is -0.359 e. The molecule has 10 heteroatoms. The Morgan fingerprint density at radius 1 is 0.431 bits per heavy atom. The van der Waals surface area contributed by atoms with Crippen LogP contribution in [0.15, 0.2) is 0 Å². The SMILES string of the molecule is CCCCCCCCCCCCCCCCCCN(CCCCCCCCCCCCCCCCCC)C(=O)C(CCCCNC=O)NC(=O)CNCCCNCCCCNCCCN. The number of unbranched alkanes of at least 4 members (excludes halogenated alkanes) is 32. The van der Waals surface area contributed by atoms with E-state index in [0.717, 1.165) is 123 Å². The molecular weight excluding hydrogens is 807 g/mol. The van der Waals surface area contributed by atoms with Crippen LogP contribution >= 0.6 is 0 Å². The molecule has 0 fully saturated rings. The Hall–Kier alpha value is -1.75. The molecule has 10 nitrogen and oxygen atoms in total. The second-order valence-corrected chi connectivity index (χ2v) is 19.5. The minimum atomic E-state index is -0.533. The number of amides is 3. The minimum absolute atomic E-state index is 0.0717. The highest BCUT2D eigenvalue weighted by Crippen LogP contribution is 2.17. The van der Waals surface area contributed by atoms with E-state index in [4.69, 9.17) is 5.73 Å². The molecular formula is C55H113N7O3. The van der Waals surface area contributed by atoms with Crippen LogP contribution < -0.4 is 32.3 Å². The van der Waals surface area contributed by atoms with Crippen molar-refractivity contribution in [1.82, 2.24) is 31.5 Å². The summed E-state index contributed by atoms with van der Waals surface area (Å²) in [6.45, 7) is 12.3. The maximum Gasteiger partial charge on any atom is 0.245 e. The molecule has 3 amide bonds. The second-order valence-electron chi connectivity index (χ2n) is 19.5. The molecule has 0 aromatic heterocycles. The molecule has 0 spiro atoms. The predicted octanol–water partition coefficient (Wildman–Crippen LogP) is 12.0. The average Bonchev–Trinajstić information content (AvgIpc) is 3.31. The van der Waals surface area contributed by atoms with Crippen LogP contribution in [0.1, 0.15) is 264 Å². The normalized spacial score (nSPS) is 11.9. The van der Waals surface area contributed by atoms with E-state index in [1.807, 2.05) is 0 Å². The van der Waals surface area contributed by atoms with E-state index in [2.05, 4.69) is 45.3 Å². The van der Waals surface area contributed by atoms with Gasteiger partial charge in [0, 0.05) is 19.6 Å². The summed E-state index contributed by atoms with van der Waals surface area (Å²) in [5.41, 5.74) is 5.55. The zero-order valence-corrected chi connectivity index (χ0v) is 43.6. The molecule has 386 valence electrons. The van der Waals surface area contributed by atoms with E-state index < -0.39 is 6.04 Å². The van der Waals surface area contributed by atoms with Gasteiger partial charge in [0.15, 0.2) is 0 Å². The van der Waals surface area contributed by atoms with Crippen molar-refractivity contribution in [3.05, 3.63) is 0 Å². The van der Waals surface area contributed by atoms with Crippen molar-refractivity contribution < 1.29 is 14.4 Å². The molecule has 0 saturated carbocycles. The van der Waals surface area contributed by atoms with Gasteiger partial charge in [0.05, 0.1) is 6.54 Å². The molecule has 0 aromatic rings. The molecule has 65 heavy (non-hydrogen) atoms. The lowest BCUT2D eigenvalue weighted by atomic mass is 10.0. The van der Waals surface area contributed by atoms with Crippen LogP contribution in [0.3, 0.4) is 0 Å². The fraction of sp³-hybridized carbons (Fsp3) is 0.945. The lowest BCUT2D eigenvalue weighted by molar-refractivity contribution is -0.136. The van der Waals surface area contributed by atoms with Crippen LogP contribution in [0, 0.1) is 0 Å². The summed E-state index contributed by atoms with van der Waals surface area (Å²) in [6, 6.07) is -0.533.